The molecule has 0 amide bonds. The molecule has 1 fully saturated rings. The Morgan fingerprint density at radius 1 is 1.31 bits per heavy atom. The van der Waals surface area contributed by atoms with E-state index in [1.54, 1.807) is 0 Å². The summed E-state index contributed by atoms with van der Waals surface area (Å²) in [5, 5.41) is 0. The lowest BCUT2D eigenvalue weighted by molar-refractivity contribution is 0.525. The molecular formula is C12H13N. The number of anilines is 1. The van der Waals surface area contributed by atoms with E-state index in [-0.39, 0.29) is 0 Å². The van der Waals surface area contributed by atoms with Crippen molar-refractivity contribution in [3.63, 3.8) is 0 Å². The SMILES string of the molecule is C=C1CC2CCN1c1ccccc12. The van der Waals surface area contributed by atoms with Crippen LogP contribution in [0, 0.1) is 0 Å². The number of rotatable bonds is 0. The second-order valence-corrected chi connectivity index (χ2v) is 3.97. The Morgan fingerprint density at radius 3 is 3.00 bits per heavy atom. The van der Waals surface area contributed by atoms with Gasteiger partial charge in [0.2, 0.25) is 0 Å². The number of allylic oxidation sites excluding steroid dienone is 1. The van der Waals surface area contributed by atoms with Crippen LogP contribution in [0.2, 0.25) is 0 Å². The van der Waals surface area contributed by atoms with Gasteiger partial charge in [-0.3, -0.25) is 0 Å². The van der Waals surface area contributed by atoms with Crippen molar-refractivity contribution in [1.82, 2.24) is 0 Å². The summed E-state index contributed by atoms with van der Waals surface area (Å²) in [4.78, 5) is 2.37. The fraction of sp³-hybridized carbons (Fsp3) is 0.333. The Bertz CT molecular complexity index is 367. The number of fused-ring (bicyclic) bond motifs is 2. The first-order valence-corrected chi connectivity index (χ1v) is 4.90. The van der Waals surface area contributed by atoms with Crippen molar-refractivity contribution in [2.45, 2.75) is 18.8 Å². The zero-order valence-corrected chi connectivity index (χ0v) is 7.66. The van der Waals surface area contributed by atoms with Crippen LogP contribution < -0.4 is 4.90 Å². The molecule has 0 aromatic heterocycles. The molecule has 13 heavy (non-hydrogen) atoms. The second kappa shape index (κ2) is 2.38. The molecule has 1 heteroatoms. The average molecular weight is 171 g/mol. The Kier molecular flexibility index (Phi) is 1.32. The molecule has 3 heterocycles. The molecule has 3 aliphatic heterocycles. The molecule has 1 saturated heterocycles. The van der Waals surface area contributed by atoms with E-state index in [2.05, 4.69) is 35.7 Å². The summed E-state index contributed by atoms with van der Waals surface area (Å²) in [6.07, 6.45) is 2.47. The van der Waals surface area contributed by atoms with Crippen molar-refractivity contribution >= 4 is 5.69 Å². The summed E-state index contributed by atoms with van der Waals surface area (Å²) < 4.78 is 0. The zero-order chi connectivity index (χ0) is 8.84. The van der Waals surface area contributed by atoms with Crippen LogP contribution >= 0.6 is 0 Å². The fourth-order valence-electron chi connectivity index (χ4n) is 2.57. The maximum absolute atomic E-state index is 4.12. The van der Waals surface area contributed by atoms with E-state index in [1.807, 2.05) is 0 Å². The van der Waals surface area contributed by atoms with E-state index in [9.17, 15) is 0 Å². The first kappa shape index (κ1) is 7.19. The van der Waals surface area contributed by atoms with Crippen LogP contribution in [0.4, 0.5) is 5.69 Å². The van der Waals surface area contributed by atoms with E-state index in [0.717, 1.165) is 12.3 Å². The molecule has 0 aliphatic carbocycles. The van der Waals surface area contributed by atoms with Gasteiger partial charge in [0.25, 0.3) is 0 Å². The van der Waals surface area contributed by atoms with Gasteiger partial charge in [-0.2, -0.15) is 0 Å². The van der Waals surface area contributed by atoms with Gasteiger partial charge in [0.1, 0.15) is 0 Å². The van der Waals surface area contributed by atoms with Gasteiger partial charge in [0, 0.05) is 17.9 Å². The lowest BCUT2D eigenvalue weighted by atomic mass is 9.82. The number of hydrogen-bond acceptors (Lipinski definition) is 1. The summed E-state index contributed by atoms with van der Waals surface area (Å²) in [7, 11) is 0. The van der Waals surface area contributed by atoms with E-state index in [4.69, 9.17) is 0 Å². The Balaban J connectivity index is 2.21. The van der Waals surface area contributed by atoms with Crippen LogP contribution in [0.5, 0.6) is 0 Å². The molecule has 1 nitrogen and oxygen atoms in total. The molecule has 0 N–H and O–H groups in total. The molecule has 1 aromatic carbocycles. The largest absolute Gasteiger partial charge is 0.345 e. The number of benzene rings is 1. The topological polar surface area (TPSA) is 3.24 Å². The van der Waals surface area contributed by atoms with Crippen molar-refractivity contribution in [3.05, 3.63) is 42.1 Å². The molecule has 0 radical (unpaired) electrons. The standard InChI is InChI=1S/C12H13N/c1-9-8-10-6-7-13(9)12-5-3-2-4-11(10)12/h2-5,10H,1,6-8H2. The highest BCUT2D eigenvalue weighted by Crippen LogP contribution is 2.45. The molecule has 0 spiro atoms. The minimum atomic E-state index is 0.744. The molecule has 66 valence electrons. The van der Waals surface area contributed by atoms with Crippen LogP contribution in [0.1, 0.15) is 24.3 Å². The molecule has 4 rings (SSSR count). The summed E-state index contributed by atoms with van der Waals surface area (Å²) in [6, 6.07) is 8.74. The third kappa shape index (κ3) is 0.873. The number of hydrogen-bond donors (Lipinski definition) is 0. The Hall–Kier alpha value is -1.24. The quantitative estimate of drug-likeness (QED) is 0.580. The number of para-hydroxylation sites is 1. The van der Waals surface area contributed by atoms with Crippen LogP contribution in [-0.2, 0) is 0 Å². The predicted molar refractivity (Wildman–Crippen MR) is 54.9 cm³/mol. The molecule has 1 aromatic rings. The molecule has 0 saturated carbocycles. The number of nitrogens with zero attached hydrogens (tertiary/aromatic N) is 1. The molecule has 2 bridgehead atoms. The summed E-state index contributed by atoms with van der Waals surface area (Å²) >= 11 is 0. The van der Waals surface area contributed by atoms with Gasteiger partial charge in [-0.05, 0) is 30.4 Å². The molecule has 3 aliphatic rings. The zero-order valence-electron chi connectivity index (χ0n) is 7.66. The second-order valence-electron chi connectivity index (χ2n) is 3.97. The van der Waals surface area contributed by atoms with Crippen LogP contribution in [0.25, 0.3) is 0 Å². The highest BCUT2D eigenvalue weighted by Gasteiger charge is 2.32. The normalized spacial score (nSPS) is 24.8. The predicted octanol–water partition coefficient (Wildman–Crippen LogP) is 2.90. The van der Waals surface area contributed by atoms with E-state index >= 15 is 0 Å². The highest BCUT2D eigenvalue weighted by molar-refractivity contribution is 5.63. The number of piperidine rings is 1. The van der Waals surface area contributed by atoms with E-state index < -0.39 is 0 Å². The van der Waals surface area contributed by atoms with Crippen molar-refractivity contribution in [2.75, 3.05) is 11.4 Å². The molecular weight excluding hydrogens is 158 g/mol. The van der Waals surface area contributed by atoms with Gasteiger partial charge in [-0.15, -0.1) is 0 Å². The Morgan fingerprint density at radius 2 is 2.15 bits per heavy atom. The van der Waals surface area contributed by atoms with Gasteiger partial charge < -0.3 is 4.90 Å². The van der Waals surface area contributed by atoms with Gasteiger partial charge in [-0.25, -0.2) is 0 Å². The van der Waals surface area contributed by atoms with Crippen molar-refractivity contribution in [2.24, 2.45) is 0 Å². The lowest BCUT2D eigenvalue weighted by Crippen LogP contribution is -2.36. The first-order valence-electron chi connectivity index (χ1n) is 4.90. The maximum Gasteiger partial charge on any atom is 0.0443 e. The average Bonchev–Trinajstić information content (AvgIpc) is 2.19. The van der Waals surface area contributed by atoms with Crippen molar-refractivity contribution in [1.29, 1.82) is 0 Å². The monoisotopic (exact) mass is 171 g/mol. The highest BCUT2D eigenvalue weighted by atomic mass is 15.2. The van der Waals surface area contributed by atoms with Crippen LogP contribution in [-0.4, -0.2) is 6.54 Å². The Labute approximate surface area is 78.7 Å². The first-order chi connectivity index (χ1) is 6.36. The van der Waals surface area contributed by atoms with Gasteiger partial charge in [0.15, 0.2) is 0 Å². The van der Waals surface area contributed by atoms with Crippen LogP contribution in [0.15, 0.2) is 36.5 Å². The molecule has 1 atom stereocenters. The minimum Gasteiger partial charge on any atom is -0.345 e. The molecule has 1 unspecified atom stereocenters. The third-order valence-corrected chi connectivity index (χ3v) is 3.23. The van der Waals surface area contributed by atoms with E-state index in [0.29, 0.717) is 0 Å². The van der Waals surface area contributed by atoms with E-state index in [1.165, 1.54) is 29.9 Å². The van der Waals surface area contributed by atoms with Gasteiger partial charge >= 0.3 is 0 Å². The summed E-state index contributed by atoms with van der Waals surface area (Å²) in [5.41, 5.74) is 4.23. The lowest BCUT2D eigenvalue weighted by Gasteiger charge is -2.43. The van der Waals surface area contributed by atoms with Gasteiger partial charge in [-0.1, -0.05) is 24.8 Å². The summed E-state index contributed by atoms with van der Waals surface area (Å²) in [5.74, 6) is 0.744. The van der Waals surface area contributed by atoms with Crippen molar-refractivity contribution < 1.29 is 0 Å². The fourth-order valence-corrected chi connectivity index (χ4v) is 2.57. The van der Waals surface area contributed by atoms with Crippen molar-refractivity contribution in [3.8, 4) is 0 Å². The van der Waals surface area contributed by atoms with Crippen LogP contribution in [0.3, 0.4) is 0 Å². The summed E-state index contributed by atoms with van der Waals surface area (Å²) in [6.45, 7) is 5.29. The maximum atomic E-state index is 4.12. The minimum absolute atomic E-state index is 0.744. The van der Waals surface area contributed by atoms with Gasteiger partial charge in [0.05, 0.1) is 0 Å². The third-order valence-electron chi connectivity index (χ3n) is 3.23. The smallest absolute Gasteiger partial charge is 0.0443 e.